The number of ether oxygens (including phenoxy) is 1. The van der Waals surface area contributed by atoms with E-state index in [4.69, 9.17) is 0 Å². The van der Waals surface area contributed by atoms with Crippen LogP contribution in [-0.4, -0.2) is 18.5 Å². The van der Waals surface area contributed by atoms with E-state index in [2.05, 4.69) is 41.9 Å². The van der Waals surface area contributed by atoms with E-state index in [-0.39, 0.29) is 6.61 Å². The highest BCUT2D eigenvalue weighted by Gasteiger charge is 2.15. The van der Waals surface area contributed by atoms with Crippen LogP contribution in [0.1, 0.15) is 6.92 Å². The maximum Gasteiger partial charge on any atom is 0.397 e. The number of hydrogen-bond acceptors (Lipinski definition) is 3. The van der Waals surface area contributed by atoms with E-state index in [0.717, 1.165) is 4.47 Å². The SMILES string of the molecule is CCOC(=O)C(=O)Nc1cc(Br)ccc1Br. The Morgan fingerprint density at radius 1 is 1.38 bits per heavy atom. The summed E-state index contributed by atoms with van der Waals surface area (Å²) in [5, 5.41) is 2.45. The predicted molar refractivity (Wildman–Crippen MR) is 67.1 cm³/mol. The van der Waals surface area contributed by atoms with E-state index in [9.17, 15) is 9.59 Å². The average molecular weight is 351 g/mol. The van der Waals surface area contributed by atoms with Crippen molar-refractivity contribution in [1.82, 2.24) is 0 Å². The van der Waals surface area contributed by atoms with Gasteiger partial charge in [0.2, 0.25) is 0 Å². The maximum absolute atomic E-state index is 11.3. The van der Waals surface area contributed by atoms with Crippen molar-refractivity contribution in [1.29, 1.82) is 0 Å². The molecule has 0 aliphatic carbocycles. The lowest BCUT2D eigenvalue weighted by Crippen LogP contribution is -2.25. The van der Waals surface area contributed by atoms with Crippen molar-refractivity contribution in [2.24, 2.45) is 0 Å². The molecule has 6 heteroatoms. The van der Waals surface area contributed by atoms with Gasteiger partial charge in [-0.1, -0.05) is 15.9 Å². The molecule has 1 N–H and O–H groups in total. The van der Waals surface area contributed by atoms with Crippen LogP contribution in [0.3, 0.4) is 0 Å². The second-order valence-corrected chi connectivity index (χ2v) is 4.57. The fourth-order valence-corrected chi connectivity index (χ4v) is 1.67. The Morgan fingerprint density at radius 3 is 2.69 bits per heavy atom. The van der Waals surface area contributed by atoms with Crippen LogP contribution in [0.4, 0.5) is 5.69 Å². The van der Waals surface area contributed by atoms with Crippen molar-refractivity contribution in [2.45, 2.75) is 6.92 Å². The van der Waals surface area contributed by atoms with Crippen molar-refractivity contribution >= 4 is 49.4 Å². The zero-order chi connectivity index (χ0) is 12.1. The predicted octanol–water partition coefficient (Wildman–Crippen LogP) is 2.71. The Morgan fingerprint density at radius 2 is 2.06 bits per heavy atom. The summed E-state index contributed by atoms with van der Waals surface area (Å²) < 4.78 is 6.06. The molecule has 0 saturated heterocycles. The van der Waals surface area contributed by atoms with Gasteiger partial charge in [-0.2, -0.15) is 0 Å². The van der Waals surface area contributed by atoms with Crippen LogP contribution in [0.25, 0.3) is 0 Å². The summed E-state index contributed by atoms with van der Waals surface area (Å²) in [4.78, 5) is 22.4. The van der Waals surface area contributed by atoms with Crippen LogP contribution in [0.15, 0.2) is 27.1 Å². The molecular formula is C10H9Br2NO3. The van der Waals surface area contributed by atoms with Gasteiger partial charge >= 0.3 is 11.9 Å². The van der Waals surface area contributed by atoms with E-state index in [0.29, 0.717) is 10.2 Å². The Bertz CT molecular complexity index is 421. The minimum atomic E-state index is -0.894. The van der Waals surface area contributed by atoms with Crippen LogP contribution >= 0.6 is 31.9 Å². The number of amides is 1. The zero-order valence-electron chi connectivity index (χ0n) is 8.42. The highest BCUT2D eigenvalue weighted by molar-refractivity contribution is 9.11. The number of benzene rings is 1. The minimum absolute atomic E-state index is 0.173. The van der Waals surface area contributed by atoms with Crippen molar-refractivity contribution in [3.63, 3.8) is 0 Å². The van der Waals surface area contributed by atoms with E-state index < -0.39 is 11.9 Å². The summed E-state index contributed by atoms with van der Waals surface area (Å²) >= 11 is 6.53. The van der Waals surface area contributed by atoms with Gasteiger partial charge in [-0.15, -0.1) is 0 Å². The third-order valence-corrected chi connectivity index (χ3v) is 2.82. The molecular weight excluding hydrogens is 342 g/mol. The van der Waals surface area contributed by atoms with Gasteiger partial charge in [0.15, 0.2) is 0 Å². The molecule has 4 nitrogen and oxygen atoms in total. The number of rotatable bonds is 2. The van der Waals surface area contributed by atoms with E-state index in [1.165, 1.54) is 0 Å². The first-order chi connectivity index (χ1) is 7.54. The summed E-state index contributed by atoms with van der Waals surface area (Å²) in [6.07, 6.45) is 0. The molecule has 0 spiro atoms. The minimum Gasteiger partial charge on any atom is -0.459 e. The first-order valence-electron chi connectivity index (χ1n) is 4.47. The van der Waals surface area contributed by atoms with Crippen LogP contribution in [0, 0.1) is 0 Å². The van der Waals surface area contributed by atoms with Crippen LogP contribution in [0.2, 0.25) is 0 Å². The molecule has 0 aromatic heterocycles. The molecule has 0 fully saturated rings. The van der Waals surface area contributed by atoms with Gasteiger partial charge in [0.1, 0.15) is 0 Å². The molecule has 1 aromatic rings. The number of nitrogens with one attached hydrogen (secondary N) is 1. The molecule has 0 atom stereocenters. The van der Waals surface area contributed by atoms with E-state index in [1.54, 1.807) is 19.1 Å². The monoisotopic (exact) mass is 349 g/mol. The number of hydrogen-bond donors (Lipinski definition) is 1. The number of esters is 1. The third kappa shape index (κ3) is 3.61. The second kappa shape index (κ2) is 6.00. The van der Waals surface area contributed by atoms with Crippen LogP contribution in [-0.2, 0) is 14.3 Å². The van der Waals surface area contributed by atoms with Crippen LogP contribution in [0.5, 0.6) is 0 Å². The Balaban J connectivity index is 2.76. The lowest BCUT2D eigenvalue weighted by atomic mass is 10.3. The molecule has 1 amide bonds. The van der Waals surface area contributed by atoms with Gasteiger partial charge in [-0.05, 0) is 41.1 Å². The summed E-state index contributed by atoms with van der Waals surface area (Å²) in [6, 6.07) is 5.25. The Labute approximate surface area is 110 Å². The van der Waals surface area contributed by atoms with Gasteiger partial charge in [0, 0.05) is 8.95 Å². The average Bonchev–Trinajstić information content (AvgIpc) is 2.23. The highest BCUT2D eigenvalue weighted by Crippen LogP contribution is 2.26. The van der Waals surface area contributed by atoms with Gasteiger partial charge in [0.25, 0.3) is 0 Å². The number of carbonyl (C=O) groups excluding carboxylic acids is 2. The van der Waals surface area contributed by atoms with E-state index >= 15 is 0 Å². The first-order valence-corrected chi connectivity index (χ1v) is 6.06. The van der Waals surface area contributed by atoms with Crippen molar-refractivity contribution in [3.8, 4) is 0 Å². The topological polar surface area (TPSA) is 55.4 Å². The van der Waals surface area contributed by atoms with Crippen LogP contribution < -0.4 is 5.32 Å². The molecule has 16 heavy (non-hydrogen) atoms. The van der Waals surface area contributed by atoms with Crippen molar-refractivity contribution in [2.75, 3.05) is 11.9 Å². The summed E-state index contributed by atoms with van der Waals surface area (Å²) in [5.41, 5.74) is 0.507. The standard InChI is InChI=1S/C10H9Br2NO3/c1-2-16-10(15)9(14)13-8-5-6(11)3-4-7(8)12/h3-5H,2H2,1H3,(H,13,14). The molecule has 0 radical (unpaired) electrons. The Kier molecular flexibility index (Phi) is 4.95. The largest absolute Gasteiger partial charge is 0.459 e. The fraction of sp³-hybridized carbons (Fsp3) is 0.200. The molecule has 1 rings (SSSR count). The lowest BCUT2D eigenvalue weighted by molar-refractivity contribution is -0.152. The van der Waals surface area contributed by atoms with Gasteiger partial charge < -0.3 is 10.1 Å². The quantitative estimate of drug-likeness (QED) is 0.659. The molecule has 86 valence electrons. The zero-order valence-corrected chi connectivity index (χ0v) is 11.6. The first kappa shape index (κ1) is 13.2. The smallest absolute Gasteiger partial charge is 0.397 e. The summed E-state index contributed by atoms with van der Waals surface area (Å²) in [7, 11) is 0. The number of halogens is 2. The second-order valence-electron chi connectivity index (χ2n) is 2.80. The molecule has 0 aliphatic rings. The van der Waals surface area contributed by atoms with Gasteiger partial charge in [0.05, 0.1) is 12.3 Å². The normalized spacial score (nSPS) is 9.69. The number of anilines is 1. The van der Waals surface area contributed by atoms with Gasteiger partial charge in [-0.3, -0.25) is 4.79 Å². The fourth-order valence-electron chi connectivity index (χ4n) is 0.963. The Hall–Kier alpha value is -0.880. The molecule has 0 aliphatic heterocycles. The van der Waals surface area contributed by atoms with Crippen molar-refractivity contribution in [3.05, 3.63) is 27.1 Å². The summed E-state index contributed by atoms with van der Waals surface area (Å²) in [5.74, 6) is -1.69. The van der Waals surface area contributed by atoms with E-state index in [1.807, 2.05) is 6.07 Å². The maximum atomic E-state index is 11.3. The molecule has 1 aromatic carbocycles. The lowest BCUT2D eigenvalue weighted by Gasteiger charge is -2.06. The van der Waals surface area contributed by atoms with Gasteiger partial charge in [-0.25, -0.2) is 4.79 Å². The summed E-state index contributed by atoms with van der Waals surface area (Å²) in [6.45, 7) is 1.81. The highest BCUT2D eigenvalue weighted by atomic mass is 79.9. The molecule has 0 saturated carbocycles. The molecule has 0 bridgehead atoms. The molecule has 0 unspecified atom stereocenters. The molecule has 0 heterocycles. The van der Waals surface area contributed by atoms with Crippen molar-refractivity contribution < 1.29 is 14.3 Å². The third-order valence-electron chi connectivity index (χ3n) is 1.64. The number of carbonyl (C=O) groups is 2.